The van der Waals surface area contributed by atoms with Crippen molar-refractivity contribution in [3.63, 3.8) is 0 Å². The Morgan fingerprint density at radius 2 is 2.16 bits per heavy atom. The fourth-order valence-electron chi connectivity index (χ4n) is 2.43. The van der Waals surface area contributed by atoms with Crippen LogP contribution < -0.4 is 4.74 Å². The fourth-order valence-corrected chi connectivity index (χ4v) is 2.43. The van der Waals surface area contributed by atoms with Gasteiger partial charge in [0.25, 0.3) is 5.88 Å². The summed E-state index contributed by atoms with van der Waals surface area (Å²) in [5.41, 5.74) is -0.401. The van der Waals surface area contributed by atoms with Crippen LogP contribution in [-0.4, -0.2) is 22.2 Å². The number of carboxylic acids is 1. The maximum atomic E-state index is 13.9. The molecule has 1 heterocycles. The molecular formula is C14H18FNO3. The van der Waals surface area contributed by atoms with Crippen LogP contribution in [0.15, 0.2) is 12.3 Å². The molecule has 0 aromatic carbocycles. The first-order valence-electron chi connectivity index (χ1n) is 6.53. The van der Waals surface area contributed by atoms with Crippen LogP contribution in [0.3, 0.4) is 0 Å². The molecular weight excluding hydrogens is 249 g/mol. The second-order valence-corrected chi connectivity index (χ2v) is 5.29. The van der Waals surface area contributed by atoms with Crippen LogP contribution in [0.25, 0.3) is 0 Å². The molecule has 1 saturated carbocycles. The zero-order chi connectivity index (χ0) is 14.0. The minimum Gasteiger partial charge on any atom is -0.478 e. The molecule has 3 unspecified atom stereocenters. The topological polar surface area (TPSA) is 59.4 Å². The van der Waals surface area contributed by atoms with Crippen LogP contribution in [0.4, 0.5) is 4.39 Å². The molecule has 4 nitrogen and oxygen atoms in total. The number of rotatable bonds is 3. The summed E-state index contributed by atoms with van der Waals surface area (Å²) in [6.07, 6.45) is 3.91. The zero-order valence-corrected chi connectivity index (χ0v) is 11.1. The lowest BCUT2D eigenvalue weighted by Gasteiger charge is -2.31. The first-order chi connectivity index (χ1) is 8.99. The molecule has 0 saturated heterocycles. The fraction of sp³-hybridized carbons (Fsp3) is 0.571. The number of carboxylic acid groups (broad SMARTS) is 1. The summed E-state index contributed by atoms with van der Waals surface area (Å²) in [5.74, 6) is -1.24. The minimum absolute atomic E-state index is 0.0859. The Bertz CT molecular complexity index is 478. The maximum Gasteiger partial charge on any atom is 0.338 e. The number of hydrogen-bond acceptors (Lipinski definition) is 3. The number of halogens is 1. The standard InChI is InChI=1S/C14H18FNO3/c1-8-3-4-10(7-9(8)2)19-13-12(15)11(14(17)18)5-6-16-13/h5-6,8-10H,3-4,7H2,1-2H3,(H,17,18). The molecule has 0 radical (unpaired) electrons. The molecule has 1 aliphatic rings. The summed E-state index contributed by atoms with van der Waals surface area (Å²) in [7, 11) is 0. The molecule has 2 rings (SSSR count). The SMILES string of the molecule is CC1CCC(Oc2nccc(C(=O)O)c2F)CC1C. The Hall–Kier alpha value is -1.65. The summed E-state index contributed by atoms with van der Waals surface area (Å²) >= 11 is 0. The molecule has 1 aromatic rings. The van der Waals surface area contributed by atoms with E-state index in [4.69, 9.17) is 9.84 Å². The number of aromatic carboxylic acids is 1. The predicted octanol–water partition coefficient (Wildman–Crippen LogP) is 3.12. The van der Waals surface area contributed by atoms with Crippen LogP contribution in [-0.2, 0) is 0 Å². The molecule has 1 N–H and O–H groups in total. The van der Waals surface area contributed by atoms with Gasteiger partial charge in [0, 0.05) is 6.20 Å². The normalized spacial score (nSPS) is 27.0. The predicted molar refractivity (Wildman–Crippen MR) is 67.7 cm³/mol. The molecule has 0 aliphatic heterocycles. The van der Waals surface area contributed by atoms with E-state index < -0.39 is 17.3 Å². The number of ether oxygens (including phenoxy) is 1. The highest BCUT2D eigenvalue weighted by Crippen LogP contribution is 2.32. The lowest BCUT2D eigenvalue weighted by atomic mass is 9.80. The summed E-state index contributed by atoms with van der Waals surface area (Å²) < 4.78 is 19.4. The third-order valence-electron chi connectivity index (χ3n) is 3.92. The van der Waals surface area contributed by atoms with Gasteiger partial charge in [-0.15, -0.1) is 0 Å². The second kappa shape index (κ2) is 5.55. The van der Waals surface area contributed by atoms with Crippen molar-refractivity contribution in [3.05, 3.63) is 23.6 Å². The number of hydrogen-bond donors (Lipinski definition) is 1. The Morgan fingerprint density at radius 1 is 1.42 bits per heavy atom. The molecule has 3 atom stereocenters. The van der Waals surface area contributed by atoms with Crippen molar-refractivity contribution in [3.8, 4) is 5.88 Å². The highest BCUT2D eigenvalue weighted by Gasteiger charge is 2.27. The molecule has 0 bridgehead atoms. The average molecular weight is 267 g/mol. The maximum absolute atomic E-state index is 13.9. The van der Waals surface area contributed by atoms with Gasteiger partial charge in [-0.25, -0.2) is 14.2 Å². The van der Waals surface area contributed by atoms with E-state index in [0.29, 0.717) is 11.8 Å². The van der Waals surface area contributed by atoms with E-state index in [2.05, 4.69) is 18.8 Å². The quantitative estimate of drug-likeness (QED) is 0.914. The third kappa shape index (κ3) is 3.03. The minimum atomic E-state index is -1.31. The van der Waals surface area contributed by atoms with Gasteiger partial charge in [0.2, 0.25) is 0 Å². The first kappa shape index (κ1) is 13.8. The van der Waals surface area contributed by atoms with Gasteiger partial charge in [-0.3, -0.25) is 0 Å². The molecule has 1 aromatic heterocycles. The lowest BCUT2D eigenvalue weighted by molar-refractivity contribution is 0.0683. The van der Waals surface area contributed by atoms with Gasteiger partial charge in [0.15, 0.2) is 5.82 Å². The average Bonchev–Trinajstić information content (AvgIpc) is 2.36. The van der Waals surface area contributed by atoms with Crippen LogP contribution in [0.2, 0.25) is 0 Å². The second-order valence-electron chi connectivity index (χ2n) is 5.29. The van der Waals surface area contributed by atoms with E-state index in [9.17, 15) is 9.18 Å². The van der Waals surface area contributed by atoms with Crippen molar-refractivity contribution in [1.82, 2.24) is 4.98 Å². The monoisotopic (exact) mass is 267 g/mol. The summed E-state index contributed by atoms with van der Waals surface area (Å²) in [6, 6.07) is 1.14. The van der Waals surface area contributed by atoms with Gasteiger partial charge in [-0.1, -0.05) is 13.8 Å². The van der Waals surface area contributed by atoms with Crippen molar-refractivity contribution in [2.24, 2.45) is 11.8 Å². The van der Waals surface area contributed by atoms with E-state index >= 15 is 0 Å². The lowest BCUT2D eigenvalue weighted by Crippen LogP contribution is -2.29. The summed E-state index contributed by atoms with van der Waals surface area (Å²) in [4.78, 5) is 14.6. The number of nitrogens with zero attached hydrogens (tertiary/aromatic N) is 1. The highest BCUT2D eigenvalue weighted by molar-refractivity contribution is 5.88. The molecule has 5 heteroatoms. The van der Waals surface area contributed by atoms with Gasteiger partial charge in [-0.05, 0) is 37.2 Å². The number of carbonyl (C=O) groups is 1. The van der Waals surface area contributed by atoms with Gasteiger partial charge in [0.05, 0.1) is 0 Å². The first-order valence-corrected chi connectivity index (χ1v) is 6.53. The largest absolute Gasteiger partial charge is 0.478 e. The van der Waals surface area contributed by atoms with Crippen LogP contribution in [0.5, 0.6) is 5.88 Å². The van der Waals surface area contributed by atoms with E-state index in [1.807, 2.05) is 0 Å². The third-order valence-corrected chi connectivity index (χ3v) is 3.92. The van der Waals surface area contributed by atoms with E-state index in [1.54, 1.807) is 0 Å². The van der Waals surface area contributed by atoms with Crippen molar-refractivity contribution < 1.29 is 19.0 Å². The smallest absolute Gasteiger partial charge is 0.338 e. The van der Waals surface area contributed by atoms with Gasteiger partial charge >= 0.3 is 5.97 Å². The molecule has 0 amide bonds. The van der Waals surface area contributed by atoms with Gasteiger partial charge in [-0.2, -0.15) is 0 Å². The molecule has 104 valence electrons. The highest BCUT2D eigenvalue weighted by atomic mass is 19.1. The van der Waals surface area contributed by atoms with Crippen molar-refractivity contribution in [2.75, 3.05) is 0 Å². The van der Waals surface area contributed by atoms with Gasteiger partial charge in [0.1, 0.15) is 11.7 Å². The van der Waals surface area contributed by atoms with E-state index in [-0.39, 0.29) is 12.0 Å². The molecule has 19 heavy (non-hydrogen) atoms. The van der Waals surface area contributed by atoms with Crippen molar-refractivity contribution in [1.29, 1.82) is 0 Å². The summed E-state index contributed by atoms with van der Waals surface area (Å²) in [5, 5.41) is 8.85. The number of pyridine rings is 1. The molecule has 1 fully saturated rings. The van der Waals surface area contributed by atoms with Crippen LogP contribution in [0.1, 0.15) is 43.5 Å². The Balaban J connectivity index is 2.11. The van der Waals surface area contributed by atoms with Crippen molar-refractivity contribution in [2.45, 2.75) is 39.2 Å². The zero-order valence-electron chi connectivity index (χ0n) is 11.1. The van der Waals surface area contributed by atoms with Crippen LogP contribution in [0, 0.1) is 17.7 Å². The number of aromatic nitrogens is 1. The summed E-state index contributed by atoms with van der Waals surface area (Å²) in [6.45, 7) is 4.35. The van der Waals surface area contributed by atoms with E-state index in [1.165, 1.54) is 6.20 Å². The van der Waals surface area contributed by atoms with Crippen LogP contribution >= 0.6 is 0 Å². The Kier molecular flexibility index (Phi) is 4.02. The molecule has 1 aliphatic carbocycles. The Morgan fingerprint density at radius 3 is 2.79 bits per heavy atom. The van der Waals surface area contributed by atoms with Crippen molar-refractivity contribution >= 4 is 5.97 Å². The Labute approximate surface area is 111 Å². The van der Waals surface area contributed by atoms with Gasteiger partial charge < -0.3 is 9.84 Å². The van der Waals surface area contributed by atoms with E-state index in [0.717, 1.165) is 25.3 Å². The molecule has 0 spiro atoms.